The second-order valence-electron chi connectivity index (χ2n) is 9.24. The van der Waals surface area contributed by atoms with E-state index in [1.807, 2.05) is 0 Å². The van der Waals surface area contributed by atoms with Gasteiger partial charge in [-0.15, -0.1) is 0 Å². The minimum atomic E-state index is -3.15. The van der Waals surface area contributed by atoms with E-state index >= 15 is 0 Å². The Bertz CT molecular complexity index is 1590. The molecule has 0 spiro atoms. The third kappa shape index (κ3) is 6.96. The molecule has 2 amide bonds. The van der Waals surface area contributed by atoms with Crippen molar-refractivity contribution < 1.29 is 40.3 Å². The molecule has 2 heterocycles. The summed E-state index contributed by atoms with van der Waals surface area (Å²) in [5, 5.41) is 4.92. The van der Waals surface area contributed by atoms with E-state index < -0.39 is 66.0 Å². The molecular formula is C29H23F7N4O2. The molecule has 42 heavy (non-hydrogen) atoms. The fourth-order valence-corrected chi connectivity index (χ4v) is 4.51. The molecule has 2 N–H and O–H groups in total. The van der Waals surface area contributed by atoms with Crippen LogP contribution >= 0.6 is 0 Å². The Balaban J connectivity index is 1.75. The number of rotatable bonds is 10. The zero-order valence-corrected chi connectivity index (χ0v) is 21.9. The minimum Gasteiger partial charge on any atom is -0.355 e. The van der Waals surface area contributed by atoms with Gasteiger partial charge in [0.2, 0.25) is 5.91 Å². The van der Waals surface area contributed by atoms with Crippen LogP contribution in [0.5, 0.6) is 0 Å². The Morgan fingerprint density at radius 3 is 2.29 bits per heavy atom. The molecule has 2 aromatic heterocycles. The Labute approximate surface area is 235 Å². The first kappa shape index (κ1) is 30.3. The number of halogens is 7. The maximum absolute atomic E-state index is 14.4. The quantitative estimate of drug-likeness (QED) is 0.212. The molecule has 0 aliphatic carbocycles. The summed E-state index contributed by atoms with van der Waals surface area (Å²) in [6.07, 6.45) is -4.32. The van der Waals surface area contributed by atoms with Gasteiger partial charge in [-0.3, -0.25) is 14.6 Å². The molecule has 0 radical (unpaired) electrons. The molecule has 0 unspecified atom stereocenters. The molecule has 4 rings (SSSR count). The predicted octanol–water partition coefficient (Wildman–Crippen LogP) is 6.30. The van der Waals surface area contributed by atoms with E-state index in [1.165, 1.54) is 31.4 Å². The third-order valence-corrected chi connectivity index (χ3v) is 6.36. The predicted molar refractivity (Wildman–Crippen MR) is 138 cm³/mol. The highest BCUT2D eigenvalue weighted by Crippen LogP contribution is 2.31. The first-order valence-electron chi connectivity index (χ1n) is 12.4. The molecule has 2 aromatic carbocycles. The van der Waals surface area contributed by atoms with Gasteiger partial charge in [0.1, 0.15) is 24.0 Å². The van der Waals surface area contributed by atoms with Crippen LogP contribution in [-0.2, 0) is 17.8 Å². The summed E-state index contributed by atoms with van der Waals surface area (Å²) >= 11 is 0. The molecule has 1 atom stereocenters. The van der Waals surface area contributed by atoms with Gasteiger partial charge < -0.3 is 15.2 Å². The highest BCUT2D eigenvalue weighted by Gasteiger charge is 2.25. The van der Waals surface area contributed by atoms with Crippen LogP contribution in [0.25, 0.3) is 11.1 Å². The average molecular weight is 593 g/mol. The van der Waals surface area contributed by atoms with Crippen LogP contribution in [0.15, 0.2) is 67.0 Å². The van der Waals surface area contributed by atoms with E-state index in [2.05, 4.69) is 15.6 Å². The largest absolute Gasteiger partial charge is 0.355 e. The van der Waals surface area contributed by atoms with Crippen LogP contribution in [0.4, 0.5) is 30.7 Å². The molecule has 0 aliphatic rings. The van der Waals surface area contributed by atoms with Gasteiger partial charge in [0.05, 0.1) is 23.0 Å². The molecular weight excluding hydrogens is 569 g/mol. The Morgan fingerprint density at radius 2 is 1.64 bits per heavy atom. The molecule has 0 saturated carbocycles. The Hall–Kier alpha value is -4.68. The Kier molecular flexibility index (Phi) is 9.28. The van der Waals surface area contributed by atoms with Crippen LogP contribution in [0.1, 0.15) is 51.8 Å². The molecule has 0 bridgehead atoms. The SMILES string of the molecule is CNC(=O)c1cc(-c2cccnc2[C@H](Cc2cc(F)cc(F)c2)NC(=O)Cn2cc(C(F)F)cc2C(F)F)ccc1F. The topological polar surface area (TPSA) is 76.0 Å². The van der Waals surface area contributed by atoms with Crippen molar-refractivity contribution in [2.75, 3.05) is 7.05 Å². The number of benzene rings is 2. The highest BCUT2D eigenvalue weighted by molar-refractivity contribution is 5.95. The normalized spacial score (nSPS) is 12.0. The van der Waals surface area contributed by atoms with Gasteiger partial charge in [0, 0.05) is 36.6 Å². The lowest BCUT2D eigenvalue weighted by molar-refractivity contribution is -0.122. The fourth-order valence-electron chi connectivity index (χ4n) is 4.51. The van der Waals surface area contributed by atoms with Crippen molar-refractivity contribution in [1.82, 2.24) is 20.2 Å². The lowest BCUT2D eigenvalue weighted by Crippen LogP contribution is -2.34. The fraction of sp³-hybridized carbons (Fsp3) is 0.207. The molecule has 6 nitrogen and oxygen atoms in total. The van der Waals surface area contributed by atoms with Gasteiger partial charge in [-0.2, -0.15) is 0 Å². The number of hydrogen-bond acceptors (Lipinski definition) is 3. The summed E-state index contributed by atoms with van der Waals surface area (Å²) in [4.78, 5) is 29.6. The van der Waals surface area contributed by atoms with Crippen molar-refractivity contribution in [3.8, 4) is 11.1 Å². The van der Waals surface area contributed by atoms with Crippen LogP contribution in [0, 0.1) is 17.5 Å². The van der Waals surface area contributed by atoms with E-state index in [1.54, 1.807) is 6.07 Å². The summed E-state index contributed by atoms with van der Waals surface area (Å²) in [5.41, 5.74) is -0.891. The van der Waals surface area contributed by atoms with Gasteiger partial charge in [-0.25, -0.2) is 30.7 Å². The summed E-state index contributed by atoms with van der Waals surface area (Å²) in [6.45, 7) is -0.778. The van der Waals surface area contributed by atoms with Crippen molar-refractivity contribution >= 4 is 11.8 Å². The maximum Gasteiger partial charge on any atom is 0.278 e. The van der Waals surface area contributed by atoms with E-state index in [-0.39, 0.29) is 23.2 Å². The molecule has 220 valence electrons. The summed E-state index contributed by atoms with van der Waals surface area (Å²) in [5.74, 6) is -4.17. The number of nitrogens with one attached hydrogen (secondary N) is 2. The lowest BCUT2D eigenvalue weighted by Gasteiger charge is -2.22. The van der Waals surface area contributed by atoms with Gasteiger partial charge in [-0.05, 0) is 53.9 Å². The number of pyridine rings is 1. The maximum atomic E-state index is 14.4. The molecule has 0 saturated heterocycles. The van der Waals surface area contributed by atoms with Crippen LogP contribution in [-0.4, -0.2) is 28.4 Å². The van der Waals surface area contributed by atoms with Crippen molar-refractivity contribution in [2.24, 2.45) is 0 Å². The van der Waals surface area contributed by atoms with E-state index in [9.17, 15) is 40.3 Å². The third-order valence-electron chi connectivity index (χ3n) is 6.36. The number of amides is 2. The summed E-state index contributed by atoms with van der Waals surface area (Å²) < 4.78 is 96.4. The van der Waals surface area contributed by atoms with Crippen LogP contribution in [0.2, 0.25) is 0 Å². The number of nitrogens with zero attached hydrogens (tertiary/aromatic N) is 2. The standard InChI is InChI=1S/C29H23F7N4O2/c1-37-29(42)21-10-16(4-5-22(21)32)20-3-2-6-38-26(20)23(9-15-7-18(30)12-19(31)8-15)39-25(41)14-40-13-17(27(33)34)11-24(40)28(35)36/h2-8,10-13,23,27-28H,9,14H2,1H3,(H,37,42)(H,39,41)/t23-/m0/s1. The number of carbonyl (C=O) groups excluding carboxylic acids is 2. The van der Waals surface area contributed by atoms with Gasteiger partial charge >= 0.3 is 0 Å². The molecule has 13 heteroatoms. The van der Waals surface area contributed by atoms with Crippen LogP contribution in [0.3, 0.4) is 0 Å². The number of aromatic nitrogens is 2. The average Bonchev–Trinajstić information content (AvgIpc) is 3.36. The lowest BCUT2D eigenvalue weighted by atomic mass is 9.94. The number of hydrogen-bond donors (Lipinski definition) is 2. The first-order valence-corrected chi connectivity index (χ1v) is 12.4. The second-order valence-corrected chi connectivity index (χ2v) is 9.24. The zero-order chi connectivity index (χ0) is 30.6. The molecule has 4 aromatic rings. The molecule has 0 aliphatic heterocycles. The van der Waals surface area contributed by atoms with Crippen molar-refractivity contribution in [3.05, 3.63) is 113 Å². The number of alkyl halides is 4. The van der Waals surface area contributed by atoms with E-state index in [0.29, 0.717) is 27.8 Å². The van der Waals surface area contributed by atoms with Crippen molar-refractivity contribution in [2.45, 2.75) is 31.9 Å². The summed E-state index contributed by atoms with van der Waals surface area (Å²) in [6, 6.07) is 8.96. The first-order chi connectivity index (χ1) is 20.0. The molecule has 0 fully saturated rings. The van der Waals surface area contributed by atoms with E-state index in [0.717, 1.165) is 24.4 Å². The van der Waals surface area contributed by atoms with Crippen LogP contribution < -0.4 is 10.6 Å². The monoisotopic (exact) mass is 592 g/mol. The van der Waals surface area contributed by atoms with Gasteiger partial charge in [-0.1, -0.05) is 12.1 Å². The van der Waals surface area contributed by atoms with Gasteiger partial charge in [0.15, 0.2) is 0 Å². The number of carbonyl (C=O) groups is 2. The zero-order valence-electron chi connectivity index (χ0n) is 21.9. The smallest absolute Gasteiger partial charge is 0.278 e. The second kappa shape index (κ2) is 12.9. The Morgan fingerprint density at radius 1 is 0.929 bits per heavy atom. The van der Waals surface area contributed by atoms with Gasteiger partial charge in [0.25, 0.3) is 18.8 Å². The minimum absolute atomic E-state index is 0.105. The van der Waals surface area contributed by atoms with Crippen molar-refractivity contribution in [1.29, 1.82) is 0 Å². The van der Waals surface area contributed by atoms with Crippen molar-refractivity contribution in [3.63, 3.8) is 0 Å². The summed E-state index contributed by atoms with van der Waals surface area (Å²) in [7, 11) is 1.32. The highest BCUT2D eigenvalue weighted by atomic mass is 19.3. The van der Waals surface area contributed by atoms with E-state index in [4.69, 9.17) is 0 Å².